The Morgan fingerprint density at radius 3 is 2.48 bits per heavy atom. The number of halogens is 3. The highest BCUT2D eigenvalue weighted by molar-refractivity contribution is 5.14. The van der Waals surface area contributed by atoms with Crippen LogP contribution in [0.25, 0.3) is 0 Å². The van der Waals surface area contributed by atoms with E-state index in [0.717, 1.165) is 25.1 Å². The summed E-state index contributed by atoms with van der Waals surface area (Å²) in [5.41, 5.74) is 1.70. The van der Waals surface area contributed by atoms with E-state index in [1.54, 1.807) is 26.1 Å². The maximum atomic E-state index is 12.5. The van der Waals surface area contributed by atoms with E-state index in [1.165, 1.54) is 4.90 Å². The second kappa shape index (κ2) is 8.34. The van der Waals surface area contributed by atoms with Crippen LogP contribution in [0.15, 0.2) is 18.3 Å². The van der Waals surface area contributed by atoms with Crippen LogP contribution in [0.1, 0.15) is 38.4 Å². The van der Waals surface area contributed by atoms with E-state index in [0.29, 0.717) is 5.69 Å². The molecule has 1 rings (SSSR count). The lowest BCUT2D eigenvalue weighted by Crippen LogP contribution is -2.38. The summed E-state index contributed by atoms with van der Waals surface area (Å²) in [6, 6.07) is 3.53. The predicted octanol–water partition coefficient (Wildman–Crippen LogP) is 3.35. The van der Waals surface area contributed by atoms with Crippen molar-refractivity contribution >= 4 is 0 Å². The number of nitrogens with one attached hydrogen (secondary N) is 1. The van der Waals surface area contributed by atoms with Crippen LogP contribution in [-0.4, -0.2) is 35.2 Å². The molecule has 0 atom stereocenters. The van der Waals surface area contributed by atoms with E-state index >= 15 is 0 Å². The molecule has 0 spiro atoms. The summed E-state index contributed by atoms with van der Waals surface area (Å²) in [4.78, 5) is 5.63. The molecule has 1 N–H and O–H groups in total. The van der Waals surface area contributed by atoms with Gasteiger partial charge in [0, 0.05) is 25.3 Å². The highest BCUT2D eigenvalue weighted by Crippen LogP contribution is 2.19. The topological polar surface area (TPSA) is 28.2 Å². The zero-order valence-electron chi connectivity index (χ0n) is 12.9. The summed E-state index contributed by atoms with van der Waals surface area (Å²) in [7, 11) is 0. The fraction of sp³-hybridized carbons (Fsp3) is 0.667. The van der Waals surface area contributed by atoms with E-state index in [4.69, 9.17) is 0 Å². The van der Waals surface area contributed by atoms with E-state index in [9.17, 15) is 13.2 Å². The summed E-state index contributed by atoms with van der Waals surface area (Å²) in [5.74, 6) is 0. The van der Waals surface area contributed by atoms with Crippen molar-refractivity contribution < 1.29 is 13.2 Å². The van der Waals surface area contributed by atoms with Gasteiger partial charge in [-0.05, 0) is 38.4 Å². The molecule has 21 heavy (non-hydrogen) atoms. The van der Waals surface area contributed by atoms with E-state index in [-0.39, 0.29) is 12.6 Å². The van der Waals surface area contributed by atoms with Crippen molar-refractivity contribution in [3.63, 3.8) is 0 Å². The Balaban J connectivity index is 2.59. The number of hydrogen-bond acceptors (Lipinski definition) is 3. The summed E-state index contributed by atoms with van der Waals surface area (Å²) in [5, 5.41) is 3.26. The molecule has 0 radical (unpaired) electrons. The van der Waals surface area contributed by atoms with Crippen LogP contribution in [0.5, 0.6) is 0 Å². The molecule has 0 bridgehead atoms. The molecule has 0 unspecified atom stereocenters. The molecule has 1 heterocycles. The van der Waals surface area contributed by atoms with Crippen molar-refractivity contribution in [2.75, 3.05) is 13.1 Å². The minimum atomic E-state index is -4.19. The van der Waals surface area contributed by atoms with Gasteiger partial charge in [0.2, 0.25) is 0 Å². The van der Waals surface area contributed by atoms with Gasteiger partial charge in [0.05, 0.1) is 12.2 Å². The Kier molecular flexibility index (Phi) is 7.11. The van der Waals surface area contributed by atoms with Crippen molar-refractivity contribution in [3.8, 4) is 0 Å². The van der Waals surface area contributed by atoms with Gasteiger partial charge in [-0.1, -0.05) is 13.0 Å². The third-order valence-electron chi connectivity index (χ3n) is 3.12. The standard InChI is InChI=1S/C15H24F3N3/c1-4-7-19-8-13-5-6-14(20-9-13)10-21(12(2)3)11-15(16,17)18/h5-6,9,12,19H,4,7-8,10-11H2,1-3H3. The summed E-state index contributed by atoms with van der Waals surface area (Å²) in [6.07, 6.45) is -1.40. The first-order valence-electron chi connectivity index (χ1n) is 7.27. The highest BCUT2D eigenvalue weighted by Gasteiger charge is 2.31. The normalized spacial score (nSPS) is 12.4. The molecule has 120 valence electrons. The smallest absolute Gasteiger partial charge is 0.313 e. The van der Waals surface area contributed by atoms with Gasteiger partial charge in [-0.25, -0.2) is 0 Å². The molecule has 0 fully saturated rings. The minimum Gasteiger partial charge on any atom is -0.313 e. The average Bonchev–Trinajstić information content (AvgIpc) is 2.38. The van der Waals surface area contributed by atoms with E-state index in [1.807, 2.05) is 6.07 Å². The maximum Gasteiger partial charge on any atom is 0.401 e. The van der Waals surface area contributed by atoms with Gasteiger partial charge in [0.25, 0.3) is 0 Å². The lowest BCUT2D eigenvalue weighted by atomic mass is 10.2. The Hall–Kier alpha value is -1.14. The van der Waals surface area contributed by atoms with Crippen LogP contribution < -0.4 is 5.32 Å². The first-order chi connectivity index (χ1) is 9.81. The Morgan fingerprint density at radius 2 is 2.00 bits per heavy atom. The SMILES string of the molecule is CCCNCc1ccc(CN(CC(F)(F)F)C(C)C)nc1. The molecule has 3 nitrogen and oxygen atoms in total. The highest BCUT2D eigenvalue weighted by atomic mass is 19.4. The van der Waals surface area contributed by atoms with Crippen molar-refractivity contribution in [3.05, 3.63) is 29.6 Å². The van der Waals surface area contributed by atoms with Crippen LogP contribution in [0, 0.1) is 0 Å². The maximum absolute atomic E-state index is 12.5. The molecule has 6 heteroatoms. The largest absolute Gasteiger partial charge is 0.401 e. The number of alkyl halides is 3. The first-order valence-corrected chi connectivity index (χ1v) is 7.27. The number of nitrogens with zero attached hydrogens (tertiary/aromatic N) is 2. The number of rotatable bonds is 8. The zero-order valence-corrected chi connectivity index (χ0v) is 12.9. The molecule has 1 aromatic heterocycles. The first kappa shape index (κ1) is 17.9. The minimum absolute atomic E-state index is 0.181. The fourth-order valence-corrected chi connectivity index (χ4v) is 1.92. The average molecular weight is 303 g/mol. The van der Waals surface area contributed by atoms with Crippen LogP contribution >= 0.6 is 0 Å². The van der Waals surface area contributed by atoms with Gasteiger partial charge in [-0.2, -0.15) is 13.2 Å². The van der Waals surface area contributed by atoms with Crippen molar-refractivity contribution in [1.29, 1.82) is 0 Å². The van der Waals surface area contributed by atoms with Gasteiger partial charge in [0.15, 0.2) is 0 Å². The molecule has 1 aromatic rings. The second-order valence-corrected chi connectivity index (χ2v) is 5.45. The zero-order chi connectivity index (χ0) is 15.9. The molecular formula is C15H24F3N3. The Morgan fingerprint density at radius 1 is 1.29 bits per heavy atom. The molecule has 0 amide bonds. The van der Waals surface area contributed by atoms with Crippen molar-refractivity contribution in [1.82, 2.24) is 15.2 Å². The number of hydrogen-bond donors (Lipinski definition) is 1. The second-order valence-electron chi connectivity index (χ2n) is 5.45. The number of aromatic nitrogens is 1. The molecule has 0 aliphatic carbocycles. The van der Waals surface area contributed by atoms with Crippen LogP contribution in [0.2, 0.25) is 0 Å². The summed E-state index contributed by atoms with van der Waals surface area (Å²) >= 11 is 0. The fourth-order valence-electron chi connectivity index (χ4n) is 1.92. The van der Waals surface area contributed by atoms with Gasteiger partial charge < -0.3 is 5.32 Å². The molecule has 0 aliphatic heterocycles. The monoisotopic (exact) mass is 303 g/mol. The third-order valence-corrected chi connectivity index (χ3v) is 3.12. The molecular weight excluding hydrogens is 279 g/mol. The molecule has 0 aliphatic rings. The summed E-state index contributed by atoms with van der Waals surface area (Å²) in [6.45, 7) is 6.58. The summed E-state index contributed by atoms with van der Waals surface area (Å²) < 4.78 is 37.6. The number of pyridine rings is 1. The lowest BCUT2D eigenvalue weighted by molar-refractivity contribution is -0.151. The van der Waals surface area contributed by atoms with Gasteiger partial charge in [-0.3, -0.25) is 9.88 Å². The van der Waals surface area contributed by atoms with E-state index < -0.39 is 12.7 Å². The molecule has 0 saturated carbocycles. The van der Waals surface area contributed by atoms with Crippen molar-refractivity contribution in [2.45, 2.75) is 52.5 Å². The Labute approximate surface area is 124 Å². The third kappa shape index (κ3) is 7.43. The van der Waals surface area contributed by atoms with Gasteiger partial charge in [-0.15, -0.1) is 0 Å². The predicted molar refractivity (Wildman–Crippen MR) is 77.8 cm³/mol. The van der Waals surface area contributed by atoms with Crippen LogP contribution in [-0.2, 0) is 13.1 Å². The van der Waals surface area contributed by atoms with Crippen molar-refractivity contribution in [2.24, 2.45) is 0 Å². The van der Waals surface area contributed by atoms with Gasteiger partial charge in [0.1, 0.15) is 0 Å². The quantitative estimate of drug-likeness (QED) is 0.747. The molecule has 0 saturated heterocycles. The van der Waals surface area contributed by atoms with E-state index in [2.05, 4.69) is 17.2 Å². The van der Waals surface area contributed by atoms with Crippen LogP contribution in [0.3, 0.4) is 0 Å². The molecule has 0 aromatic carbocycles. The Bertz CT molecular complexity index is 402. The lowest BCUT2D eigenvalue weighted by Gasteiger charge is -2.27. The van der Waals surface area contributed by atoms with Crippen LogP contribution in [0.4, 0.5) is 13.2 Å². The van der Waals surface area contributed by atoms with Gasteiger partial charge >= 0.3 is 6.18 Å².